The maximum absolute atomic E-state index is 11.9. The van der Waals surface area contributed by atoms with Crippen molar-refractivity contribution in [2.45, 2.75) is 38.1 Å². The number of hydrogen-bond donors (Lipinski definition) is 1. The summed E-state index contributed by atoms with van der Waals surface area (Å²) in [5.41, 5.74) is 0. The highest BCUT2D eigenvalue weighted by Gasteiger charge is 2.37. The van der Waals surface area contributed by atoms with Gasteiger partial charge in [0.15, 0.2) is 0 Å². The number of rotatable bonds is 2. The van der Waals surface area contributed by atoms with E-state index >= 15 is 0 Å². The lowest BCUT2D eigenvalue weighted by molar-refractivity contribution is -0.130. The number of amides is 1. The van der Waals surface area contributed by atoms with Crippen LogP contribution in [0.15, 0.2) is 0 Å². The fourth-order valence-corrected chi connectivity index (χ4v) is 2.95. The second-order valence-electron chi connectivity index (χ2n) is 5.41. The molecule has 3 rings (SSSR count). The third kappa shape index (κ3) is 2.03. The number of nitrogens with zero attached hydrogens (tertiary/aromatic N) is 1. The summed E-state index contributed by atoms with van der Waals surface area (Å²) < 4.78 is 0. The lowest BCUT2D eigenvalue weighted by atomic mass is 9.94. The molecule has 0 aromatic carbocycles. The molecular weight excluding hydrogens is 188 g/mol. The van der Waals surface area contributed by atoms with Crippen molar-refractivity contribution in [1.82, 2.24) is 10.2 Å². The summed E-state index contributed by atoms with van der Waals surface area (Å²) >= 11 is 0. The van der Waals surface area contributed by atoms with Gasteiger partial charge in [0, 0.05) is 25.6 Å². The summed E-state index contributed by atoms with van der Waals surface area (Å²) in [5.74, 6) is 1.88. The van der Waals surface area contributed by atoms with Crippen molar-refractivity contribution in [2.75, 3.05) is 19.6 Å². The Balaban J connectivity index is 1.56. The van der Waals surface area contributed by atoms with Gasteiger partial charge in [0.05, 0.1) is 0 Å². The van der Waals surface area contributed by atoms with Gasteiger partial charge in [-0.2, -0.15) is 0 Å². The summed E-state index contributed by atoms with van der Waals surface area (Å²) in [6, 6.07) is 0.599. The zero-order chi connectivity index (χ0) is 10.3. The topological polar surface area (TPSA) is 32.3 Å². The third-order valence-corrected chi connectivity index (χ3v) is 4.11. The van der Waals surface area contributed by atoms with Crippen LogP contribution >= 0.6 is 0 Å². The first-order valence-corrected chi connectivity index (χ1v) is 6.34. The van der Waals surface area contributed by atoms with Gasteiger partial charge in [0.25, 0.3) is 0 Å². The first kappa shape index (κ1) is 9.64. The number of likely N-dealkylation sites (tertiary alicyclic amines) is 1. The highest BCUT2D eigenvalue weighted by atomic mass is 16.2. The van der Waals surface area contributed by atoms with Crippen molar-refractivity contribution < 1.29 is 4.79 Å². The van der Waals surface area contributed by atoms with Crippen LogP contribution in [0.2, 0.25) is 0 Å². The molecule has 0 spiro atoms. The molecule has 1 amide bonds. The van der Waals surface area contributed by atoms with E-state index in [0.717, 1.165) is 37.9 Å². The molecule has 0 aromatic heterocycles. The van der Waals surface area contributed by atoms with Crippen LogP contribution in [0.3, 0.4) is 0 Å². The molecule has 2 saturated heterocycles. The number of nitrogens with one attached hydrogen (secondary N) is 1. The number of carbonyl (C=O) groups is 1. The molecule has 3 heteroatoms. The molecule has 1 saturated carbocycles. The fourth-order valence-electron chi connectivity index (χ4n) is 2.95. The Hall–Kier alpha value is -0.570. The average Bonchev–Trinajstić information content (AvgIpc) is 2.95. The Morgan fingerprint density at radius 1 is 1.27 bits per heavy atom. The van der Waals surface area contributed by atoms with Crippen molar-refractivity contribution >= 4 is 5.91 Å². The van der Waals surface area contributed by atoms with Crippen LogP contribution < -0.4 is 5.32 Å². The van der Waals surface area contributed by atoms with Gasteiger partial charge in [0.1, 0.15) is 0 Å². The molecule has 2 aliphatic heterocycles. The first-order chi connectivity index (χ1) is 7.33. The molecule has 0 bridgehead atoms. The van der Waals surface area contributed by atoms with Gasteiger partial charge in [0.2, 0.25) is 5.91 Å². The van der Waals surface area contributed by atoms with Crippen LogP contribution in [0.5, 0.6) is 0 Å². The zero-order valence-electron chi connectivity index (χ0n) is 9.24. The van der Waals surface area contributed by atoms with Crippen molar-refractivity contribution in [2.24, 2.45) is 11.8 Å². The second-order valence-corrected chi connectivity index (χ2v) is 5.41. The summed E-state index contributed by atoms with van der Waals surface area (Å²) in [7, 11) is 0. The Kier molecular flexibility index (Phi) is 2.43. The molecule has 1 aliphatic carbocycles. The van der Waals surface area contributed by atoms with Crippen molar-refractivity contribution in [3.8, 4) is 0 Å². The van der Waals surface area contributed by atoms with E-state index in [2.05, 4.69) is 10.2 Å². The molecule has 84 valence electrons. The molecule has 3 fully saturated rings. The summed E-state index contributed by atoms with van der Waals surface area (Å²) in [6.07, 6.45) is 5.98. The molecule has 2 atom stereocenters. The number of fused-ring (bicyclic) bond motifs is 1. The minimum Gasteiger partial charge on any atom is -0.341 e. The number of hydrogen-bond acceptors (Lipinski definition) is 2. The van der Waals surface area contributed by atoms with Gasteiger partial charge in [-0.25, -0.2) is 0 Å². The normalized spacial score (nSPS) is 35.3. The lowest BCUT2D eigenvalue weighted by Crippen LogP contribution is -2.41. The van der Waals surface area contributed by atoms with E-state index in [1.807, 2.05) is 0 Å². The van der Waals surface area contributed by atoms with E-state index in [-0.39, 0.29) is 0 Å². The molecule has 0 radical (unpaired) electrons. The van der Waals surface area contributed by atoms with Crippen LogP contribution in [-0.2, 0) is 4.79 Å². The molecule has 1 N–H and O–H groups in total. The van der Waals surface area contributed by atoms with Crippen LogP contribution in [0, 0.1) is 11.8 Å². The van der Waals surface area contributed by atoms with E-state index in [4.69, 9.17) is 0 Å². The van der Waals surface area contributed by atoms with Gasteiger partial charge in [-0.3, -0.25) is 4.79 Å². The highest BCUT2D eigenvalue weighted by Crippen LogP contribution is 2.34. The molecule has 2 unspecified atom stereocenters. The SMILES string of the molecule is O=C(CC1CC1)N1CC2CCCNC2C1. The maximum atomic E-state index is 11.9. The number of carbonyl (C=O) groups excluding carboxylic acids is 1. The van der Waals surface area contributed by atoms with Crippen LogP contribution in [0.1, 0.15) is 32.1 Å². The molecule has 0 aromatic rings. The van der Waals surface area contributed by atoms with Gasteiger partial charge in [-0.05, 0) is 44.1 Å². The zero-order valence-corrected chi connectivity index (χ0v) is 9.24. The minimum atomic E-state index is 0.411. The molecule has 3 nitrogen and oxygen atoms in total. The van der Waals surface area contributed by atoms with E-state index < -0.39 is 0 Å². The number of piperidine rings is 1. The largest absolute Gasteiger partial charge is 0.341 e. The molecule has 2 heterocycles. The van der Waals surface area contributed by atoms with Crippen molar-refractivity contribution in [1.29, 1.82) is 0 Å². The first-order valence-electron chi connectivity index (χ1n) is 6.34. The third-order valence-electron chi connectivity index (χ3n) is 4.11. The summed E-state index contributed by atoms with van der Waals surface area (Å²) in [6.45, 7) is 3.13. The summed E-state index contributed by atoms with van der Waals surface area (Å²) in [4.78, 5) is 14.0. The Morgan fingerprint density at radius 3 is 2.87 bits per heavy atom. The van der Waals surface area contributed by atoms with Crippen LogP contribution in [0.4, 0.5) is 0 Å². The van der Waals surface area contributed by atoms with Crippen molar-refractivity contribution in [3.63, 3.8) is 0 Å². The molecule has 15 heavy (non-hydrogen) atoms. The van der Waals surface area contributed by atoms with Gasteiger partial charge < -0.3 is 10.2 Å². The molecular formula is C12H20N2O. The predicted octanol–water partition coefficient (Wildman–Crippen LogP) is 0.997. The van der Waals surface area contributed by atoms with Gasteiger partial charge in [-0.1, -0.05) is 0 Å². The van der Waals surface area contributed by atoms with Gasteiger partial charge in [-0.15, -0.1) is 0 Å². The quantitative estimate of drug-likeness (QED) is 0.734. The summed E-state index contributed by atoms with van der Waals surface area (Å²) in [5, 5.41) is 3.54. The Labute approximate surface area is 91.2 Å². The van der Waals surface area contributed by atoms with E-state index in [1.165, 1.54) is 25.7 Å². The Morgan fingerprint density at radius 2 is 2.13 bits per heavy atom. The Bertz CT molecular complexity index is 248. The fraction of sp³-hybridized carbons (Fsp3) is 0.917. The van der Waals surface area contributed by atoms with E-state index in [0.29, 0.717) is 11.9 Å². The second kappa shape index (κ2) is 3.78. The van der Waals surface area contributed by atoms with Crippen molar-refractivity contribution in [3.05, 3.63) is 0 Å². The van der Waals surface area contributed by atoms with E-state index in [1.54, 1.807) is 0 Å². The van der Waals surface area contributed by atoms with Crippen LogP contribution in [-0.4, -0.2) is 36.5 Å². The highest BCUT2D eigenvalue weighted by molar-refractivity contribution is 5.77. The molecule has 3 aliphatic rings. The minimum absolute atomic E-state index is 0.411. The average molecular weight is 208 g/mol. The predicted molar refractivity (Wildman–Crippen MR) is 58.4 cm³/mol. The van der Waals surface area contributed by atoms with E-state index in [9.17, 15) is 4.79 Å². The smallest absolute Gasteiger partial charge is 0.222 e. The lowest BCUT2D eigenvalue weighted by Gasteiger charge is -2.24. The van der Waals surface area contributed by atoms with Crippen LogP contribution in [0.25, 0.3) is 0 Å². The standard InChI is InChI=1S/C12H20N2O/c15-12(6-9-3-4-9)14-7-10-2-1-5-13-11(10)8-14/h9-11,13H,1-8H2. The maximum Gasteiger partial charge on any atom is 0.222 e. The van der Waals surface area contributed by atoms with Gasteiger partial charge >= 0.3 is 0 Å². The monoisotopic (exact) mass is 208 g/mol.